The molecule has 0 aliphatic heterocycles. The second-order valence-electron chi connectivity index (χ2n) is 3.44. The highest BCUT2D eigenvalue weighted by molar-refractivity contribution is 5.82. The normalized spacial score (nSPS) is 11.9. The number of aliphatic carboxylic acids is 1. The van der Waals surface area contributed by atoms with Crippen LogP contribution in [0.25, 0.3) is 0 Å². The fourth-order valence-corrected chi connectivity index (χ4v) is 1.02. The van der Waals surface area contributed by atoms with E-state index in [1.165, 1.54) is 0 Å². The van der Waals surface area contributed by atoms with Crippen LogP contribution < -0.4 is 10.6 Å². The molecule has 4 N–H and O–H groups in total. The molecule has 0 aliphatic rings. The Kier molecular flexibility index (Phi) is 9.08. The van der Waals surface area contributed by atoms with Gasteiger partial charge in [0.05, 0.1) is 6.61 Å². The molecule has 7 heteroatoms. The van der Waals surface area contributed by atoms with Gasteiger partial charge in [0.1, 0.15) is 0 Å². The first-order valence-electron chi connectivity index (χ1n) is 5.57. The largest absolute Gasteiger partial charge is 0.480 e. The SMILES string of the molecule is CCCOCCCNC(=O)N[C@H](CO)C(=O)O. The van der Waals surface area contributed by atoms with Gasteiger partial charge in [0.2, 0.25) is 0 Å². The lowest BCUT2D eigenvalue weighted by molar-refractivity contribution is -0.140. The van der Waals surface area contributed by atoms with Crippen molar-refractivity contribution in [3.63, 3.8) is 0 Å². The van der Waals surface area contributed by atoms with Crippen molar-refractivity contribution in [2.24, 2.45) is 0 Å². The van der Waals surface area contributed by atoms with Gasteiger partial charge in [-0.2, -0.15) is 0 Å². The van der Waals surface area contributed by atoms with Crippen molar-refractivity contribution in [2.75, 3.05) is 26.4 Å². The molecule has 0 aliphatic carbocycles. The number of carboxylic acids is 1. The molecule has 0 saturated heterocycles. The smallest absolute Gasteiger partial charge is 0.328 e. The predicted octanol–water partition coefficient (Wildman–Crippen LogP) is -0.452. The monoisotopic (exact) mass is 248 g/mol. The summed E-state index contributed by atoms with van der Waals surface area (Å²) in [6.45, 7) is 3.01. The zero-order valence-corrected chi connectivity index (χ0v) is 9.94. The molecule has 0 bridgehead atoms. The first-order valence-corrected chi connectivity index (χ1v) is 5.57. The van der Waals surface area contributed by atoms with Crippen molar-refractivity contribution in [3.8, 4) is 0 Å². The van der Waals surface area contributed by atoms with Crippen molar-refractivity contribution in [1.29, 1.82) is 0 Å². The van der Waals surface area contributed by atoms with Crippen molar-refractivity contribution in [2.45, 2.75) is 25.8 Å². The van der Waals surface area contributed by atoms with E-state index in [1.807, 2.05) is 6.92 Å². The average Bonchev–Trinajstić information content (AvgIpc) is 2.30. The van der Waals surface area contributed by atoms with Crippen LogP contribution in [0.5, 0.6) is 0 Å². The van der Waals surface area contributed by atoms with Gasteiger partial charge in [-0.05, 0) is 12.8 Å². The average molecular weight is 248 g/mol. The van der Waals surface area contributed by atoms with Crippen LogP contribution >= 0.6 is 0 Å². The number of ether oxygens (including phenoxy) is 1. The second-order valence-corrected chi connectivity index (χ2v) is 3.44. The number of carbonyl (C=O) groups is 2. The molecular formula is C10H20N2O5. The van der Waals surface area contributed by atoms with E-state index in [9.17, 15) is 9.59 Å². The molecule has 0 aromatic rings. The minimum Gasteiger partial charge on any atom is -0.480 e. The molecule has 0 saturated carbocycles. The number of rotatable bonds is 9. The van der Waals surface area contributed by atoms with E-state index in [0.29, 0.717) is 26.2 Å². The lowest BCUT2D eigenvalue weighted by atomic mass is 10.3. The summed E-state index contributed by atoms with van der Waals surface area (Å²) in [5.41, 5.74) is 0. The Morgan fingerprint density at radius 3 is 2.59 bits per heavy atom. The van der Waals surface area contributed by atoms with Crippen LogP contribution in [0.2, 0.25) is 0 Å². The molecular weight excluding hydrogens is 228 g/mol. The van der Waals surface area contributed by atoms with Crippen molar-refractivity contribution < 1.29 is 24.5 Å². The van der Waals surface area contributed by atoms with Gasteiger partial charge in [0, 0.05) is 19.8 Å². The molecule has 0 radical (unpaired) electrons. The van der Waals surface area contributed by atoms with Gasteiger partial charge in [-0.3, -0.25) is 0 Å². The molecule has 2 amide bonds. The van der Waals surface area contributed by atoms with Gasteiger partial charge < -0.3 is 25.6 Å². The van der Waals surface area contributed by atoms with Crippen molar-refractivity contribution in [1.82, 2.24) is 10.6 Å². The minimum atomic E-state index is -1.27. The first-order chi connectivity index (χ1) is 8.11. The third-order valence-corrected chi connectivity index (χ3v) is 1.89. The summed E-state index contributed by atoms with van der Waals surface area (Å²) in [4.78, 5) is 21.7. The summed E-state index contributed by atoms with van der Waals surface area (Å²) in [7, 11) is 0. The number of hydrogen-bond acceptors (Lipinski definition) is 4. The number of amides is 2. The number of aliphatic hydroxyl groups is 1. The molecule has 0 spiro atoms. The van der Waals surface area contributed by atoms with Gasteiger partial charge in [-0.15, -0.1) is 0 Å². The summed E-state index contributed by atoms with van der Waals surface area (Å²) in [5, 5.41) is 21.8. The molecule has 0 fully saturated rings. The molecule has 1 atom stereocenters. The van der Waals surface area contributed by atoms with Gasteiger partial charge >= 0.3 is 12.0 Å². The van der Waals surface area contributed by atoms with Gasteiger partial charge in [-0.25, -0.2) is 9.59 Å². The fourth-order valence-electron chi connectivity index (χ4n) is 1.02. The maximum Gasteiger partial charge on any atom is 0.328 e. The quantitative estimate of drug-likeness (QED) is 0.413. The van der Waals surface area contributed by atoms with Crippen LogP contribution in [0, 0.1) is 0 Å². The molecule has 0 aromatic carbocycles. The third-order valence-electron chi connectivity index (χ3n) is 1.89. The lowest BCUT2D eigenvalue weighted by Gasteiger charge is -2.12. The highest BCUT2D eigenvalue weighted by Gasteiger charge is 2.17. The van der Waals surface area contributed by atoms with Crippen LogP contribution in [0.15, 0.2) is 0 Å². The van der Waals surface area contributed by atoms with Crippen LogP contribution in [-0.2, 0) is 9.53 Å². The van der Waals surface area contributed by atoms with Crippen LogP contribution in [0.1, 0.15) is 19.8 Å². The summed E-state index contributed by atoms with van der Waals surface area (Å²) < 4.78 is 5.20. The highest BCUT2D eigenvalue weighted by Crippen LogP contribution is 1.85. The predicted molar refractivity (Wildman–Crippen MR) is 60.8 cm³/mol. The fraction of sp³-hybridized carbons (Fsp3) is 0.800. The summed E-state index contributed by atoms with van der Waals surface area (Å²) >= 11 is 0. The Bertz CT molecular complexity index is 235. The molecule has 0 aromatic heterocycles. The third kappa shape index (κ3) is 8.47. The Balaban J connectivity index is 3.55. The van der Waals surface area contributed by atoms with Crippen molar-refractivity contribution in [3.05, 3.63) is 0 Å². The molecule has 100 valence electrons. The first kappa shape index (κ1) is 15.7. The van der Waals surface area contributed by atoms with E-state index in [0.717, 1.165) is 6.42 Å². The Hall–Kier alpha value is -1.34. The Morgan fingerprint density at radius 2 is 2.06 bits per heavy atom. The minimum absolute atomic E-state index is 0.396. The van der Waals surface area contributed by atoms with Crippen molar-refractivity contribution >= 4 is 12.0 Å². The number of carbonyl (C=O) groups excluding carboxylic acids is 1. The molecule has 0 unspecified atom stereocenters. The van der Waals surface area contributed by atoms with E-state index in [4.69, 9.17) is 14.9 Å². The molecule has 17 heavy (non-hydrogen) atoms. The topological polar surface area (TPSA) is 108 Å². The second kappa shape index (κ2) is 9.86. The van der Waals surface area contributed by atoms with E-state index in [-0.39, 0.29) is 0 Å². The number of carboxylic acid groups (broad SMARTS) is 1. The van der Waals surface area contributed by atoms with Crippen LogP contribution in [-0.4, -0.2) is 54.6 Å². The Labute approximate surface area is 100 Å². The van der Waals surface area contributed by atoms with Gasteiger partial charge in [0.15, 0.2) is 6.04 Å². The van der Waals surface area contributed by atoms with E-state index in [1.54, 1.807) is 0 Å². The number of hydrogen-bond donors (Lipinski definition) is 4. The van der Waals surface area contributed by atoms with E-state index in [2.05, 4.69) is 10.6 Å². The molecule has 0 heterocycles. The number of urea groups is 1. The summed E-state index contributed by atoms with van der Waals surface area (Å²) in [5.74, 6) is -1.27. The molecule has 0 rings (SSSR count). The summed E-state index contributed by atoms with van der Waals surface area (Å²) in [6.07, 6.45) is 1.61. The highest BCUT2D eigenvalue weighted by atomic mass is 16.5. The summed E-state index contributed by atoms with van der Waals surface area (Å²) in [6, 6.07) is -1.88. The van der Waals surface area contributed by atoms with Crippen LogP contribution in [0.4, 0.5) is 4.79 Å². The number of aliphatic hydroxyl groups excluding tert-OH is 1. The van der Waals surface area contributed by atoms with E-state index < -0.39 is 24.6 Å². The standard InChI is InChI=1S/C10H20N2O5/c1-2-5-17-6-3-4-11-10(16)12-8(7-13)9(14)15/h8,13H,2-7H2,1H3,(H,14,15)(H2,11,12,16)/t8-/m1/s1. The Morgan fingerprint density at radius 1 is 1.35 bits per heavy atom. The zero-order chi connectivity index (χ0) is 13.1. The maximum absolute atomic E-state index is 11.2. The zero-order valence-electron chi connectivity index (χ0n) is 9.94. The maximum atomic E-state index is 11.2. The van der Waals surface area contributed by atoms with Gasteiger partial charge in [-0.1, -0.05) is 6.92 Å². The van der Waals surface area contributed by atoms with E-state index >= 15 is 0 Å². The molecule has 7 nitrogen and oxygen atoms in total. The number of nitrogens with one attached hydrogen (secondary N) is 2. The lowest BCUT2D eigenvalue weighted by Crippen LogP contribution is -2.48. The van der Waals surface area contributed by atoms with Crippen LogP contribution in [0.3, 0.4) is 0 Å². The van der Waals surface area contributed by atoms with Gasteiger partial charge in [0.25, 0.3) is 0 Å².